The van der Waals surface area contributed by atoms with Crippen molar-refractivity contribution in [1.29, 1.82) is 0 Å². The zero-order valence-electron chi connectivity index (χ0n) is 11.2. The zero-order valence-corrected chi connectivity index (χ0v) is 11.2. The molecular formula is C15H18N4O. The fourth-order valence-corrected chi connectivity index (χ4v) is 1.96. The van der Waals surface area contributed by atoms with Gasteiger partial charge in [0.05, 0.1) is 0 Å². The molecule has 1 aromatic heterocycles. The third kappa shape index (κ3) is 3.80. The first-order valence-corrected chi connectivity index (χ1v) is 6.47. The highest BCUT2D eigenvalue weighted by molar-refractivity contribution is 5.96. The minimum Gasteiger partial charge on any atom is -0.409 e. The van der Waals surface area contributed by atoms with Crippen LogP contribution in [0, 0.1) is 0 Å². The number of aromatic nitrogens is 1. The lowest BCUT2D eigenvalue weighted by Gasteiger charge is -2.08. The van der Waals surface area contributed by atoms with Crippen molar-refractivity contribution < 1.29 is 5.21 Å². The highest BCUT2D eigenvalue weighted by atomic mass is 16.4. The number of oxime groups is 1. The maximum atomic E-state index is 8.74. The minimum absolute atomic E-state index is 0.0328. The first-order valence-electron chi connectivity index (χ1n) is 6.47. The van der Waals surface area contributed by atoms with Gasteiger partial charge >= 0.3 is 0 Å². The first-order chi connectivity index (χ1) is 9.81. The van der Waals surface area contributed by atoms with Gasteiger partial charge in [-0.2, -0.15) is 0 Å². The van der Waals surface area contributed by atoms with E-state index in [0.717, 1.165) is 18.5 Å². The molecule has 0 radical (unpaired) electrons. The van der Waals surface area contributed by atoms with E-state index < -0.39 is 0 Å². The van der Waals surface area contributed by atoms with E-state index >= 15 is 0 Å². The lowest BCUT2D eigenvalue weighted by atomic mass is 10.1. The molecule has 0 aliphatic heterocycles. The quantitative estimate of drug-likeness (QED) is 0.244. The normalized spacial score (nSPS) is 11.5. The zero-order chi connectivity index (χ0) is 14.2. The summed E-state index contributed by atoms with van der Waals surface area (Å²) in [4.78, 5) is 4.13. The average Bonchev–Trinajstić information content (AvgIpc) is 2.52. The lowest BCUT2D eigenvalue weighted by molar-refractivity contribution is 0.318. The summed E-state index contributed by atoms with van der Waals surface area (Å²) >= 11 is 0. The van der Waals surface area contributed by atoms with E-state index in [9.17, 15) is 0 Å². The Balaban J connectivity index is 1.88. The molecular weight excluding hydrogens is 252 g/mol. The molecule has 5 heteroatoms. The Labute approximate surface area is 118 Å². The Hall–Kier alpha value is -2.40. The number of hydrogen-bond donors (Lipinski definition) is 3. The van der Waals surface area contributed by atoms with Gasteiger partial charge in [0.25, 0.3) is 0 Å². The monoisotopic (exact) mass is 270 g/mol. The molecule has 1 heterocycles. The van der Waals surface area contributed by atoms with E-state index in [1.807, 2.05) is 30.3 Å². The summed E-state index contributed by atoms with van der Waals surface area (Å²) in [5, 5.41) is 15.1. The van der Waals surface area contributed by atoms with Gasteiger partial charge in [0.2, 0.25) is 0 Å². The van der Waals surface area contributed by atoms with Gasteiger partial charge in [-0.05, 0) is 30.2 Å². The fraction of sp³-hybridized carbons (Fsp3) is 0.200. The van der Waals surface area contributed by atoms with Crippen LogP contribution >= 0.6 is 0 Å². The summed E-state index contributed by atoms with van der Waals surface area (Å²) in [7, 11) is 0. The Bertz CT molecular complexity index is 569. The molecule has 0 atom stereocenters. The molecule has 0 aliphatic carbocycles. The SMILES string of the molecule is NC(=NO)c1ncccc1CNCCc1ccccc1. The van der Waals surface area contributed by atoms with Crippen molar-refractivity contribution in [1.82, 2.24) is 10.3 Å². The van der Waals surface area contributed by atoms with Gasteiger partial charge in [-0.15, -0.1) is 0 Å². The van der Waals surface area contributed by atoms with Crippen molar-refractivity contribution in [3.8, 4) is 0 Å². The third-order valence-corrected chi connectivity index (χ3v) is 2.99. The molecule has 2 aromatic rings. The number of nitrogens with zero attached hydrogens (tertiary/aromatic N) is 2. The second-order valence-corrected chi connectivity index (χ2v) is 4.41. The van der Waals surface area contributed by atoms with Crippen molar-refractivity contribution in [3.05, 3.63) is 65.5 Å². The topological polar surface area (TPSA) is 83.5 Å². The van der Waals surface area contributed by atoms with Crippen LogP contribution in [0.3, 0.4) is 0 Å². The highest BCUT2D eigenvalue weighted by Gasteiger charge is 2.07. The van der Waals surface area contributed by atoms with Gasteiger partial charge in [-0.1, -0.05) is 41.6 Å². The molecule has 0 bridgehead atoms. The van der Waals surface area contributed by atoms with E-state index in [2.05, 4.69) is 27.6 Å². The van der Waals surface area contributed by atoms with Crippen LogP contribution in [0.2, 0.25) is 0 Å². The van der Waals surface area contributed by atoms with Crippen molar-refractivity contribution in [2.45, 2.75) is 13.0 Å². The van der Waals surface area contributed by atoms with Gasteiger partial charge < -0.3 is 16.3 Å². The summed E-state index contributed by atoms with van der Waals surface area (Å²) in [6.45, 7) is 1.49. The van der Waals surface area contributed by atoms with Crippen molar-refractivity contribution >= 4 is 5.84 Å². The molecule has 0 fully saturated rings. The van der Waals surface area contributed by atoms with Crippen LogP contribution in [0.15, 0.2) is 53.8 Å². The van der Waals surface area contributed by atoms with Gasteiger partial charge in [-0.3, -0.25) is 4.98 Å². The lowest BCUT2D eigenvalue weighted by Crippen LogP contribution is -2.22. The van der Waals surface area contributed by atoms with Crippen LogP contribution in [0.25, 0.3) is 0 Å². The smallest absolute Gasteiger partial charge is 0.189 e. The number of benzene rings is 1. The van der Waals surface area contributed by atoms with Crippen LogP contribution in [0.4, 0.5) is 0 Å². The van der Waals surface area contributed by atoms with E-state index in [4.69, 9.17) is 10.9 Å². The van der Waals surface area contributed by atoms with Crippen molar-refractivity contribution in [2.75, 3.05) is 6.54 Å². The van der Waals surface area contributed by atoms with Crippen LogP contribution in [-0.2, 0) is 13.0 Å². The van der Waals surface area contributed by atoms with E-state index in [0.29, 0.717) is 12.2 Å². The summed E-state index contributed by atoms with van der Waals surface area (Å²) in [6.07, 6.45) is 2.58. The molecule has 4 N–H and O–H groups in total. The van der Waals surface area contributed by atoms with Crippen LogP contribution < -0.4 is 11.1 Å². The summed E-state index contributed by atoms with van der Waals surface area (Å²) < 4.78 is 0. The third-order valence-electron chi connectivity index (χ3n) is 2.99. The van der Waals surface area contributed by atoms with Crippen molar-refractivity contribution in [2.24, 2.45) is 10.9 Å². The predicted octanol–water partition coefficient (Wildman–Crippen LogP) is 1.51. The molecule has 0 spiro atoms. The molecule has 104 valence electrons. The number of amidine groups is 1. The molecule has 0 saturated carbocycles. The minimum atomic E-state index is 0.0328. The van der Waals surface area contributed by atoms with Gasteiger partial charge in [0, 0.05) is 12.7 Å². The van der Waals surface area contributed by atoms with Crippen LogP contribution in [0.1, 0.15) is 16.8 Å². The second-order valence-electron chi connectivity index (χ2n) is 4.41. The molecule has 0 amide bonds. The molecule has 0 saturated heterocycles. The maximum Gasteiger partial charge on any atom is 0.189 e. The number of pyridine rings is 1. The van der Waals surface area contributed by atoms with Crippen molar-refractivity contribution in [3.63, 3.8) is 0 Å². The van der Waals surface area contributed by atoms with Gasteiger partial charge in [-0.25, -0.2) is 0 Å². The summed E-state index contributed by atoms with van der Waals surface area (Å²) in [6, 6.07) is 14.0. The molecule has 2 rings (SSSR count). The fourth-order valence-electron chi connectivity index (χ4n) is 1.96. The first kappa shape index (κ1) is 14.0. The standard InChI is InChI=1S/C15H18N4O/c16-15(19-20)14-13(7-4-9-18-14)11-17-10-8-12-5-2-1-3-6-12/h1-7,9,17,20H,8,10-11H2,(H2,16,19). The van der Waals surface area contributed by atoms with E-state index in [1.54, 1.807) is 6.20 Å². The largest absolute Gasteiger partial charge is 0.409 e. The van der Waals surface area contributed by atoms with Gasteiger partial charge in [0.1, 0.15) is 5.69 Å². The number of nitrogens with one attached hydrogen (secondary N) is 1. The molecule has 0 aliphatic rings. The Morgan fingerprint density at radius 3 is 2.75 bits per heavy atom. The Morgan fingerprint density at radius 2 is 2.00 bits per heavy atom. The average molecular weight is 270 g/mol. The number of nitrogens with two attached hydrogens (primary N) is 1. The summed E-state index contributed by atoms with van der Waals surface area (Å²) in [5.41, 5.74) is 8.32. The second kappa shape index (κ2) is 7.25. The molecule has 20 heavy (non-hydrogen) atoms. The van der Waals surface area contributed by atoms with E-state index in [-0.39, 0.29) is 5.84 Å². The van der Waals surface area contributed by atoms with Crippen LogP contribution in [0.5, 0.6) is 0 Å². The molecule has 5 nitrogen and oxygen atoms in total. The molecule has 1 aromatic carbocycles. The summed E-state index contributed by atoms with van der Waals surface area (Å²) in [5.74, 6) is 0.0328. The predicted molar refractivity (Wildman–Crippen MR) is 78.6 cm³/mol. The number of rotatable bonds is 6. The Kier molecular flexibility index (Phi) is 5.08. The highest BCUT2D eigenvalue weighted by Crippen LogP contribution is 2.05. The van der Waals surface area contributed by atoms with E-state index in [1.165, 1.54) is 5.56 Å². The Morgan fingerprint density at radius 1 is 1.20 bits per heavy atom. The van der Waals surface area contributed by atoms with Crippen LogP contribution in [-0.4, -0.2) is 22.6 Å². The van der Waals surface area contributed by atoms with Gasteiger partial charge in [0.15, 0.2) is 5.84 Å². The maximum absolute atomic E-state index is 8.74. The number of hydrogen-bond acceptors (Lipinski definition) is 4. The molecule has 0 unspecified atom stereocenters.